The Hall–Kier alpha value is -2.43. The predicted molar refractivity (Wildman–Crippen MR) is 75.8 cm³/mol. The number of fused-ring (bicyclic) bond motifs is 1. The summed E-state index contributed by atoms with van der Waals surface area (Å²) in [6, 6.07) is 7.03. The van der Waals surface area contributed by atoms with Crippen LogP contribution in [0.15, 0.2) is 39.4 Å². The second kappa shape index (κ2) is 5.06. The van der Waals surface area contributed by atoms with E-state index in [-0.39, 0.29) is 11.4 Å². The van der Waals surface area contributed by atoms with Crippen LogP contribution in [0.4, 0.5) is 5.69 Å². The molecule has 0 saturated heterocycles. The number of para-hydroxylation sites is 1. The first-order valence-electron chi connectivity index (χ1n) is 6.01. The average molecular weight is 260 g/mol. The first-order valence-corrected chi connectivity index (χ1v) is 6.01. The monoisotopic (exact) mass is 260 g/mol. The molecule has 0 spiro atoms. The summed E-state index contributed by atoms with van der Waals surface area (Å²) in [5.41, 5.74) is 6.78. The highest BCUT2D eigenvalue weighted by atomic mass is 16.4. The maximum Gasteiger partial charge on any atom is 0.346 e. The van der Waals surface area contributed by atoms with E-state index >= 15 is 0 Å². The Labute approximate surface area is 110 Å². The van der Waals surface area contributed by atoms with Gasteiger partial charge in [-0.05, 0) is 26.0 Å². The summed E-state index contributed by atoms with van der Waals surface area (Å²) in [5.74, 6) is -0.0724. The van der Waals surface area contributed by atoms with Crippen LogP contribution in [0.1, 0.15) is 19.4 Å². The number of nitrogen functional groups attached to an aromatic ring is 1. The molecule has 5 heteroatoms. The zero-order valence-corrected chi connectivity index (χ0v) is 10.9. The number of hydrogen-bond donors (Lipinski definition) is 3. The lowest BCUT2D eigenvalue weighted by atomic mass is 10.1. The van der Waals surface area contributed by atoms with Gasteiger partial charge < -0.3 is 20.6 Å². The van der Waals surface area contributed by atoms with E-state index in [1.165, 1.54) is 0 Å². The van der Waals surface area contributed by atoms with Gasteiger partial charge >= 0.3 is 5.63 Å². The van der Waals surface area contributed by atoms with Crippen molar-refractivity contribution in [2.24, 2.45) is 0 Å². The maximum absolute atomic E-state index is 12.0. The summed E-state index contributed by atoms with van der Waals surface area (Å²) in [5, 5.41) is 13.2. The SMILES string of the molecule is CCN/C(O)=C(\C)c1c(N)c2ccccc2oc1=O. The van der Waals surface area contributed by atoms with E-state index in [4.69, 9.17) is 10.2 Å². The molecule has 0 aliphatic carbocycles. The van der Waals surface area contributed by atoms with Crippen molar-refractivity contribution in [3.8, 4) is 0 Å². The third kappa shape index (κ3) is 2.27. The highest BCUT2D eigenvalue weighted by molar-refractivity contribution is 5.94. The number of aliphatic hydroxyl groups is 1. The third-order valence-electron chi connectivity index (χ3n) is 2.93. The molecule has 2 rings (SSSR count). The summed E-state index contributed by atoms with van der Waals surface area (Å²) in [4.78, 5) is 12.0. The number of nitrogens with one attached hydrogen (secondary N) is 1. The quantitative estimate of drug-likeness (QED) is 0.581. The van der Waals surface area contributed by atoms with E-state index in [0.29, 0.717) is 28.8 Å². The number of nitrogens with two attached hydrogens (primary N) is 1. The van der Waals surface area contributed by atoms with Gasteiger partial charge in [0.15, 0.2) is 5.88 Å². The molecule has 1 aromatic carbocycles. The van der Waals surface area contributed by atoms with Gasteiger partial charge in [0.05, 0.1) is 11.3 Å². The van der Waals surface area contributed by atoms with Gasteiger partial charge in [-0.3, -0.25) is 0 Å². The van der Waals surface area contributed by atoms with Crippen molar-refractivity contribution >= 4 is 22.2 Å². The van der Waals surface area contributed by atoms with Gasteiger partial charge in [0, 0.05) is 17.5 Å². The van der Waals surface area contributed by atoms with E-state index in [9.17, 15) is 9.90 Å². The van der Waals surface area contributed by atoms with Gasteiger partial charge in [-0.2, -0.15) is 0 Å². The highest BCUT2D eigenvalue weighted by Gasteiger charge is 2.16. The van der Waals surface area contributed by atoms with Gasteiger partial charge in [-0.25, -0.2) is 4.79 Å². The topological polar surface area (TPSA) is 88.5 Å². The molecule has 1 aromatic heterocycles. The molecule has 0 atom stereocenters. The van der Waals surface area contributed by atoms with E-state index in [1.807, 2.05) is 13.0 Å². The average Bonchev–Trinajstić information content (AvgIpc) is 2.38. The van der Waals surface area contributed by atoms with E-state index in [1.54, 1.807) is 25.1 Å². The Balaban J connectivity index is 2.74. The van der Waals surface area contributed by atoms with Crippen LogP contribution in [0.25, 0.3) is 16.5 Å². The molecule has 0 unspecified atom stereocenters. The summed E-state index contributed by atoms with van der Waals surface area (Å²) in [7, 11) is 0. The summed E-state index contributed by atoms with van der Waals surface area (Å²) >= 11 is 0. The Kier molecular flexibility index (Phi) is 3.46. The van der Waals surface area contributed by atoms with Gasteiger partial charge in [0.25, 0.3) is 0 Å². The fourth-order valence-corrected chi connectivity index (χ4v) is 1.95. The van der Waals surface area contributed by atoms with Gasteiger partial charge in [-0.1, -0.05) is 12.1 Å². The molecule has 0 amide bonds. The lowest BCUT2D eigenvalue weighted by Gasteiger charge is -2.10. The second-order valence-electron chi connectivity index (χ2n) is 4.18. The Morgan fingerprint density at radius 1 is 1.42 bits per heavy atom. The molecule has 0 fully saturated rings. The number of anilines is 1. The molecule has 0 bridgehead atoms. The highest BCUT2D eigenvalue weighted by Crippen LogP contribution is 2.26. The number of hydrogen-bond acceptors (Lipinski definition) is 5. The first kappa shape index (κ1) is 13.0. The van der Waals surface area contributed by atoms with Crippen LogP contribution in [0, 0.1) is 0 Å². The molecular weight excluding hydrogens is 244 g/mol. The fourth-order valence-electron chi connectivity index (χ4n) is 1.95. The predicted octanol–water partition coefficient (Wildman–Crippen LogP) is 2.23. The molecule has 2 aromatic rings. The minimum atomic E-state index is -0.557. The van der Waals surface area contributed by atoms with Gasteiger partial charge in [0.2, 0.25) is 0 Å². The van der Waals surface area contributed by atoms with E-state index in [2.05, 4.69) is 5.32 Å². The van der Waals surface area contributed by atoms with Crippen LogP contribution >= 0.6 is 0 Å². The zero-order valence-electron chi connectivity index (χ0n) is 10.9. The molecule has 5 nitrogen and oxygen atoms in total. The molecule has 4 N–H and O–H groups in total. The normalized spacial score (nSPS) is 12.3. The summed E-state index contributed by atoms with van der Waals surface area (Å²) < 4.78 is 5.21. The largest absolute Gasteiger partial charge is 0.495 e. The van der Waals surface area contributed by atoms with E-state index in [0.717, 1.165) is 0 Å². The van der Waals surface area contributed by atoms with Crippen molar-refractivity contribution in [2.45, 2.75) is 13.8 Å². The van der Waals surface area contributed by atoms with Crippen molar-refractivity contribution in [2.75, 3.05) is 12.3 Å². The van der Waals surface area contributed by atoms with Gasteiger partial charge in [-0.15, -0.1) is 0 Å². The Bertz CT molecular complexity index is 701. The first-order chi connectivity index (χ1) is 9.06. The van der Waals surface area contributed by atoms with Crippen molar-refractivity contribution in [3.63, 3.8) is 0 Å². The van der Waals surface area contributed by atoms with Gasteiger partial charge in [0.1, 0.15) is 5.58 Å². The summed E-state index contributed by atoms with van der Waals surface area (Å²) in [6.45, 7) is 4.01. The molecule has 0 saturated carbocycles. The van der Waals surface area contributed by atoms with E-state index < -0.39 is 5.63 Å². The number of aliphatic hydroxyl groups excluding tert-OH is 1. The molecule has 0 aliphatic heterocycles. The maximum atomic E-state index is 12.0. The van der Waals surface area contributed by atoms with Crippen LogP contribution in [-0.2, 0) is 0 Å². The minimum absolute atomic E-state index is 0.0724. The van der Waals surface area contributed by atoms with Crippen molar-refractivity contribution in [3.05, 3.63) is 46.1 Å². The molecule has 1 heterocycles. The molecule has 19 heavy (non-hydrogen) atoms. The smallest absolute Gasteiger partial charge is 0.346 e. The number of benzene rings is 1. The van der Waals surface area contributed by atoms with Crippen LogP contribution in [0.3, 0.4) is 0 Å². The Morgan fingerprint density at radius 3 is 2.79 bits per heavy atom. The van der Waals surface area contributed by atoms with Crippen LogP contribution < -0.4 is 16.7 Å². The van der Waals surface area contributed by atoms with Crippen molar-refractivity contribution < 1.29 is 9.52 Å². The molecule has 0 radical (unpaired) electrons. The fraction of sp³-hybridized carbons (Fsp3) is 0.214. The second-order valence-corrected chi connectivity index (χ2v) is 4.18. The lowest BCUT2D eigenvalue weighted by molar-refractivity contribution is 0.370. The van der Waals surface area contributed by atoms with Crippen LogP contribution in [0.5, 0.6) is 0 Å². The molecule has 0 aliphatic rings. The number of allylic oxidation sites excluding steroid dienone is 1. The summed E-state index contributed by atoms with van der Waals surface area (Å²) in [6.07, 6.45) is 0. The van der Waals surface area contributed by atoms with Crippen molar-refractivity contribution in [1.82, 2.24) is 5.32 Å². The van der Waals surface area contributed by atoms with Crippen LogP contribution in [0.2, 0.25) is 0 Å². The molecule has 100 valence electrons. The van der Waals surface area contributed by atoms with Crippen molar-refractivity contribution in [1.29, 1.82) is 0 Å². The molecular formula is C14H16N2O3. The third-order valence-corrected chi connectivity index (χ3v) is 2.93. The van der Waals surface area contributed by atoms with Crippen LogP contribution in [-0.4, -0.2) is 11.7 Å². The zero-order chi connectivity index (χ0) is 14.0. The Morgan fingerprint density at radius 2 is 2.11 bits per heavy atom. The standard InChI is InChI=1S/C14H16N2O3/c1-3-16-13(17)8(2)11-12(15)9-6-4-5-7-10(9)19-14(11)18/h4-7,16-17H,3,15H2,1-2H3/b13-8-. The lowest BCUT2D eigenvalue weighted by Crippen LogP contribution is -2.17. The minimum Gasteiger partial charge on any atom is -0.495 e. The number of rotatable bonds is 3.